The Labute approximate surface area is 104 Å². The molecule has 1 aromatic carbocycles. The molecule has 0 spiro atoms. The van der Waals surface area contributed by atoms with Crippen molar-refractivity contribution in [2.45, 2.75) is 20.0 Å². The van der Waals surface area contributed by atoms with Crippen LogP contribution in [0.2, 0.25) is 5.02 Å². The molecule has 0 aliphatic carbocycles. The molecule has 0 amide bonds. The van der Waals surface area contributed by atoms with Gasteiger partial charge >= 0.3 is 6.18 Å². The number of hydrogen-bond acceptors (Lipinski definition) is 1. The maximum absolute atomic E-state index is 12.4. The van der Waals surface area contributed by atoms with Crippen LogP contribution in [0.5, 0.6) is 0 Å². The molecule has 0 radical (unpaired) electrons. The van der Waals surface area contributed by atoms with Gasteiger partial charge < -0.3 is 0 Å². The second-order valence-electron chi connectivity index (χ2n) is 2.72. The molecule has 0 heterocycles. The van der Waals surface area contributed by atoms with Crippen molar-refractivity contribution in [3.05, 3.63) is 34.9 Å². The fourth-order valence-corrected chi connectivity index (χ4v) is 1.48. The number of benzene rings is 1. The average molecular weight is 264 g/mol. The molecule has 94 valence electrons. The van der Waals surface area contributed by atoms with E-state index < -0.39 is 16.8 Å². The monoisotopic (exact) mass is 263 g/mol. The molecule has 0 aliphatic heterocycles. The summed E-state index contributed by atoms with van der Waals surface area (Å²) in [5.74, 6) is 0. The van der Waals surface area contributed by atoms with Crippen molar-refractivity contribution < 1.29 is 13.2 Å². The zero-order chi connectivity index (χ0) is 13.6. The Hall–Kier alpha value is -1.29. The first-order chi connectivity index (χ1) is 7.91. The fourth-order valence-electron chi connectivity index (χ4n) is 1.13. The summed E-state index contributed by atoms with van der Waals surface area (Å²) in [6, 6.07) is 2.08. The van der Waals surface area contributed by atoms with Gasteiger partial charge in [-0.2, -0.15) is 13.2 Å². The van der Waals surface area contributed by atoms with Crippen molar-refractivity contribution in [3.8, 4) is 0 Å². The van der Waals surface area contributed by atoms with Crippen LogP contribution in [0.15, 0.2) is 23.7 Å². The van der Waals surface area contributed by atoms with E-state index in [4.69, 9.17) is 11.6 Å². The highest BCUT2D eigenvalue weighted by molar-refractivity contribution is 6.33. The van der Waals surface area contributed by atoms with E-state index >= 15 is 0 Å². The SMILES string of the molecule is C=Cc1c(N=C)ccc(C(F)(F)F)c1Cl.CC. The first-order valence-corrected chi connectivity index (χ1v) is 5.28. The largest absolute Gasteiger partial charge is 0.417 e. The van der Waals surface area contributed by atoms with E-state index in [1.165, 1.54) is 12.1 Å². The third-order valence-electron chi connectivity index (χ3n) is 1.84. The second kappa shape index (κ2) is 6.45. The Bertz CT molecular complexity index is 411. The van der Waals surface area contributed by atoms with Gasteiger partial charge in [0.1, 0.15) is 0 Å². The Morgan fingerprint density at radius 2 is 1.82 bits per heavy atom. The van der Waals surface area contributed by atoms with Crippen LogP contribution in [0.1, 0.15) is 25.0 Å². The van der Waals surface area contributed by atoms with Crippen LogP contribution in [-0.2, 0) is 6.18 Å². The molecule has 0 fully saturated rings. The zero-order valence-electron chi connectivity index (χ0n) is 9.61. The molecule has 17 heavy (non-hydrogen) atoms. The number of aliphatic imine (C=N–C) groups is 1. The number of alkyl halides is 3. The number of halogens is 4. The third-order valence-corrected chi connectivity index (χ3v) is 2.24. The van der Waals surface area contributed by atoms with E-state index in [9.17, 15) is 13.2 Å². The summed E-state index contributed by atoms with van der Waals surface area (Å²) in [6.45, 7) is 10.6. The van der Waals surface area contributed by atoms with Crippen LogP contribution >= 0.6 is 11.6 Å². The van der Waals surface area contributed by atoms with E-state index in [0.717, 1.165) is 6.07 Å². The van der Waals surface area contributed by atoms with Crippen molar-refractivity contribution in [3.63, 3.8) is 0 Å². The van der Waals surface area contributed by atoms with Gasteiger partial charge in [0.2, 0.25) is 0 Å². The van der Waals surface area contributed by atoms with Crippen LogP contribution in [0.25, 0.3) is 6.08 Å². The van der Waals surface area contributed by atoms with Crippen molar-refractivity contribution in [1.29, 1.82) is 0 Å². The molecule has 0 atom stereocenters. The van der Waals surface area contributed by atoms with E-state index in [1.807, 2.05) is 13.8 Å². The van der Waals surface area contributed by atoms with Gasteiger partial charge in [0.15, 0.2) is 0 Å². The molecule has 1 rings (SSSR count). The molecule has 1 aromatic rings. The zero-order valence-corrected chi connectivity index (χ0v) is 10.4. The normalized spacial score (nSPS) is 10.2. The summed E-state index contributed by atoms with van der Waals surface area (Å²) >= 11 is 5.60. The summed E-state index contributed by atoms with van der Waals surface area (Å²) in [7, 11) is 0. The molecule has 1 nitrogen and oxygen atoms in total. The van der Waals surface area contributed by atoms with Gasteiger partial charge in [0, 0.05) is 5.56 Å². The van der Waals surface area contributed by atoms with Gasteiger partial charge in [-0.3, -0.25) is 4.99 Å². The molecule has 5 heteroatoms. The highest BCUT2D eigenvalue weighted by Gasteiger charge is 2.34. The molecule has 0 N–H and O–H groups in total. The van der Waals surface area contributed by atoms with E-state index in [1.54, 1.807) is 0 Å². The lowest BCUT2D eigenvalue weighted by Gasteiger charge is -2.12. The topological polar surface area (TPSA) is 12.4 Å². The minimum atomic E-state index is -4.48. The van der Waals surface area contributed by atoms with E-state index in [-0.39, 0.29) is 11.3 Å². The summed E-state index contributed by atoms with van der Waals surface area (Å²) in [4.78, 5) is 3.55. The molecule has 0 unspecified atom stereocenters. The first kappa shape index (κ1) is 15.7. The minimum Gasteiger partial charge on any atom is -0.264 e. The fraction of sp³-hybridized carbons (Fsp3) is 0.250. The Morgan fingerprint density at radius 1 is 1.29 bits per heavy atom. The molecular formula is C12H13ClF3N. The van der Waals surface area contributed by atoms with Gasteiger partial charge in [-0.15, -0.1) is 0 Å². The molecule has 0 saturated heterocycles. The average Bonchev–Trinajstić information content (AvgIpc) is 2.29. The lowest BCUT2D eigenvalue weighted by molar-refractivity contribution is -0.137. The van der Waals surface area contributed by atoms with Crippen LogP contribution in [0, 0.1) is 0 Å². The Morgan fingerprint density at radius 3 is 2.18 bits per heavy atom. The van der Waals surface area contributed by atoms with Crippen molar-refractivity contribution in [1.82, 2.24) is 0 Å². The molecular weight excluding hydrogens is 251 g/mol. The quantitative estimate of drug-likeness (QED) is 0.637. The van der Waals surface area contributed by atoms with Gasteiger partial charge in [-0.25, -0.2) is 0 Å². The summed E-state index contributed by atoms with van der Waals surface area (Å²) in [5.41, 5.74) is -0.476. The molecule has 0 bridgehead atoms. The predicted octanol–water partition coefficient (Wildman–Crippen LogP) is 5.36. The standard InChI is InChI=1S/C10H7ClF3N.C2H6/c1-3-6-8(15-2)5-4-7(9(6)11)10(12,13)14;1-2/h3-5H,1-2H2;1-2H3. The van der Waals surface area contributed by atoms with Crippen LogP contribution in [0.3, 0.4) is 0 Å². The smallest absolute Gasteiger partial charge is 0.264 e. The molecule has 0 saturated carbocycles. The van der Waals surface area contributed by atoms with Gasteiger partial charge in [0.05, 0.1) is 16.3 Å². The molecule has 0 aromatic heterocycles. The van der Waals surface area contributed by atoms with Crippen molar-refractivity contribution >= 4 is 30.1 Å². The number of hydrogen-bond donors (Lipinski definition) is 0. The Kier molecular flexibility index (Phi) is 5.96. The highest BCUT2D eigenvalue weighted by Crippen LogP contribution is 2.39. The Balaban J connectivity index is 0.00000121. The third kappa shape index (κ3) is 3.60. The van der Waals surface area contributed by atoms with Gasteiger partial charge in [-0.05, 0) is 18.9 Å². The minimum absolute atomic E-state index is 0.140. The summed E-state index contributed by atoms with van der Waals surface area (Å²) in [5, 5.41) is -0.401. The first-order valence-electron chi connectivity index (χ1n) is 4.90. The number of rotatable bonds is 2. The van der Waals surface area contributed by atoms with Gasteiger partial charge in [0.25, 0.3) is 0 Å². The lowest BCUT2D eigenvalue weighted by Crippen LogP contribution is -2.06. The summed E-state index contributed by atoms with van der Waals surface area (Å²) in [6.07, 6.45) is -3.25. The maximum atomic E-state index is 12.4. The lowest BCUT2D eigenvalue weighted by atomic mass is 10.1. The summed E-state index contributed by atoms with van der Waals surface area (Å²) < 4.78 is 37.3. The van der Waals surface area contributed by atoms with Crippen molar-refractivity contribution in [2.24, 2.45) is 4.99 Å². The van der Waals surface area contributed by atoms with E-state index in [0.29, 0.717) is 0 Å². The van der Waals surface area contributed by atoms with E-state index in [2.05, 4.69) is 18.3 Å². The maximum Gasteiger partial charge on any atom is 0.417 e. The highest BCUT2D eigenvalue weighted by atomic mass is 35.5. The van der Waals surface area contributed by atoms with Crippen LogP contribution in [0.4, 0.5) is 18.9 Å². The van der Waals surface area contributed by atoms with Crippen LogP contribution in [-0.4, -0.2) is 6.72 Å². The van der Waals surface area contributed by atoms with Gasteiger partial charge in [-0.1, -0.05) is 38.1 Å². The van der Waals surface area contributed by atoms with Crippen molar-refractivity contribution in [2.75, 3.05) is 0 Å². The van der Waals surface area contributed by atoms with Crippen LogP contribution < -0.4 is 0 Å². The second-order valence-corrected chi connectivity index (χ2v) is 3.10. The molecule has 0 aliphatic rings. The predicted molar refractivity (Wildman–Crippen MR) is 67.1 cm³/mol. The number of nitrogens with zero attached hydrogens (tertiary/aromatic N) is 1.